The van der Waals surface area contributed by atoms with E-state index in [4.69, 9.17) is 37.7 Å². The van der Waals surface area contributed by atoms with Crippen LogP contribution in [0, 0.1) is 5.41 Å². The normalized spacial score (nSPS) is 22.6. The van der Waals surface area contributed by atoms with Crippen LogP contribution in [-0.4, -0.2) is 78.8 Å². The molecule has 258 valence electrons. The Morgan fingerprint density at radius 1 is 0.840 bits per heavy atom. The lowest BCUT2D eigenvalue weighted by molar-refractivity contribution is -0.121. The highest BCUT2D eigenvalue weighted by Gasteiger charge is 2.51. The van der Waals surface area contributed by atoms with E-state index < -0.39 is 0 Å². The quantitative estimate of drug-likeness (QED) is 0.216. The van der Waals surface area contributed by atoms with E-state index in [0.717, 1.165) is 90.1 Å². The van der Waals surface area contributed by atoms with Gasteiger partial charge in [0.2, 0.25) is 11.8 Å². The Balaban J connectivity index is 1.03. The number of benzene rings is 3. The fourth-order valence-electron chi connectivity index (χ4n) is 9.29. The van der Waals surface area contributed by atoms with Crippen LogP contribution in [0.2, 0.25) is 10.0 Å². The number of aromatic nitrogens is 1. The van der Waals surface area contributed by atoms with Crippen molar-refractivity contribution in [3.05, 3.63) is 86.9 Å². The number of nitrogens with one attached hydrogen (secondary N) is 1. The van der Waals surface area contributed by atoms with E-state index in [1.165, 1.54) is 16.7 Å². The number of β-amino-alcohol motifs (C(OH)–C–C–N with tert-alkyl or cyclic N) is 1. The summed E-state index contributed by atoms with van der Waals surface area (Å²) in [5, 5.41) is 14.1. The van der Waals surface area contributed by atoms with Gasteiger partial charge < -0.3 is 19.9 Å². The maximum atomic E-state index is 11.9. The number of pyridine rings is 1. The average molecular weight is 712 g/mol. The number of aliphatic hydroxyl groups is 1. The molecule has 3 saturated heterocycles. The van der Waals surface area contributed by atoms with Crippen LogP contribution in [0.5, 0.6) is 11.6 Å². The van der Waals surface area contributed by atoms with Crippen molar-refractivity contribution in [2.24, 2.45) is 5.41 Å². The fourth-order valence-corrected chi connectivity index (χ4v) is 9.95. The SMILES string of the molecule is COc1cc(-c2cccc(-c3cccc(-c4cc5c(c(OC)n4)[C@@H](N4CC6(CNC(=O)C6)C4)CC5)c3Cl)c2Cl)cc2c1[C@@H](N1CC(O)C1)CC2. The molecule has 0 radical (unpaired) electrons. The molecule has 4 aromatic rings. The maximum Gasteiger partial charge on any atom is 0.220 e. The number of carbonyl (C=O) groups excluding carboxylic acids is 1. The topological polar surface area (TPSA) is 87.2 Å². The lowest BCUT2D eigenvalue weighted by Crippen LogP contribution is -2.58. The van der Waals surface area contributed by atoms with Crippen molar-refractivity contribution in [1.82, 2.24) is 20.1 Å². The third-order valence-corrected chi connectivity index (χ3v) is 12.5. The van der Waals surface area contributed by atoms with E-state index >= 15 is 0 Å². The Hall–Kier alpha value is -3.66. The predicted molar refractivity (Wildman–Crippen MR) is 195 cm³/mol. The van der Waals surface area contributed by atoms with Gasteiger partial charge in [0.15, 0.2) is 0 Å². The molecule has 4 heterocycles. The third-order valence-electron chi connectivity index (χ3n) is 11.7. The van der Waals surface area contributed by atoms with Crippen LogP contribution in [0.15, 0.2) is 54.6 Å². The summed E-state index contributed by atoms with van der Waals surface area (Å²) in [6, 6.07) is 19.1. The van der Waals surface area contributed by atoms with E-state index in [1.54, 1.807) is 14.2 Å². The van der Waals surface area contributed by atoms with Crippen molar-refractivity contribution in [1.29, 1.82) is 0 Å². The van der Waals surface area contributed by atoms with E-state index in [2.05, 4.69) is 33.3 Å². The van der Waals surface area contributed by atoms with Gasteiger partial charge in [-0.15, -0.1) is 0 Å². The summed E-state index contributed by atoms with van der Waals surface area (Å²) >= 11 is 14.5. The van der Waals surface area contributed by atoms with E-state index in [9.17, 15) is 9.90 Å². The molecule has 8 nitrogen and oxygen atoms in total. The molecular formula is C40H40Cl2N4O4. The van der Waals surface area contributed by atoms with Crippen LogP contribution in [0.3, 0.4) is 0 Å². The van der Waals surface area contributed by atoms with Gasteiger partial charge in [-0.3, -0.25) is 14.6 Å². The first-order valence-corrected chi connectivity index (χ1v) is 18.3. The molecule has 10 heteroatoms. The molecule has 2 N–H and O–H groups in total. The number of hydrogen-bond donors (Lipinski definition) is 2. The van der Waals surface area contributed by atoms with E-state index in [-0.39, 0.29) is 29.5 Å². The first-order chi connectivity index (χ1) is 24.3. The first-order valence-electron chi connectivity index (χ1n) is 17.6. The second-order valence-electron chi connectivity index (χ2n) is 14.8. The standard InChI is InChI=1S/C40H40Cl2N4O4/c1-49-33-15-24(13-22-9-11-31(35(22)33)45-17-25(47)18-45)26-5-3-6-27(37(26)41)28-7-4-8-29(38(28)42)30-14-23-10-12-32(36(23)39(44-30)50-2)46-20-40(21-46)16-34(48)43-19-40/h3-8,13-15,25,31-32,47H,9-12,16-21H2,1-2H3,(H,43,48)/t31-,32-/m0/s1. The zero-order chi connectivity index (χ0) is 34.3. The van der Waals surface area contributed by atoms with Crippen LogP contribution in [0.4, 0.5) is 0 Å². The fraction of sp³-hybridized carbons (Fsp3) is 0.400. The summed E-state index contributed by atoms with van der Waals surface area (Å²) in [5.74, 6) is 1.66. The van der Waals surface area contributed by atoms with Gasteiger partial charge in [-0.05, 0) is 54.5 Å². The van der Waals surface area contributed by atoms with Crippen LogP contribution in [-0.2, 0) is 17.6 Å². The molecule has 50 heavy (non-hydrogen) atoms. The lowest BCUT2D eigenvalue weighted by atomic mass is 9.77. The third kappa shape index (κ3) is 5.14. The molecule has 3 aliphatic heterocycles. The molecule has 0 bridgehead atoms. The number of nitrogens with zero attached hydrogens (tertiary/aromatic N) is 3. The number of methoxy groups -OCH3 is 2. The molecule has 3 fully saturated rings. The Bertz CT molecular complexity index is 2040. The van der Waals surface area contributed by atoms with Gasteiger partial charge in [0.25, 0.3) is 0 Å². The van der Waals surface area contributed by atoms with Crippen molar-refractivity contribution < 1.29 is 19.4 Å². The lowest BCUT2D eigenvalue weighted by Gasteiger charge is -2.50. The molecule has 2 aliphatic carbocycles. The Morgan fingerprint density at radius 2 is 1.48 bits per heavy atom. The van der Waals surface area contributed by atoms with Gasteiger partial charge in [0.1, 0.15) is 5.75 Å². The largest absolute Gasteiger partial charge is 0.496 e. The van der Waals surface area contributed by atoms with Gasteiger partial charge in [-0.1, -0.05) is 65.7 Å². The smallest absolute Gasteiger partial charge is 0.220 e. The predicted octanol–water partition coefficient (Wildman–Crippen LogP) is 6.88. The number of aliphatic hydroxyl groups excluding tert-OH is 1. The van der Waals surface area contributed by atoms with Gasteiger partial charge in [-0.2, -0.15) is 0 Å². The van der Waals surface area contributed by atoms with Crippen molar-refractivity contribution in [2.75, 3.05) is 46.9 Å². The molecule has 9 rings (SSSR count). The van der Waals surface area contributed by atoms with Gasteiger partial charge >= 0.3 is 0 Å². The number of ether oxygens (including phenoxy) is 2. The Labute approximate surface area is 302 Å². The summed E-state index contributed by atoms with van der Waals surface area (Å²) in [7, 11) is 3.41. The zero-order valence-corrected chi connectivity index (χ0v) is 29.8. The second kappa shape index (κ2) is 12.2. The van der Waals surface area contributed by atoms with Gasteiger partial charge in [-0.25, -0.2) is 4.98 Å². The van der Waals surface area contributed by atoms with Gasteiger partial charge in [0.05, 0.1) is 36.1 Å². The highest BCUT2D eigenvalue weighted by Crippen LogP contribution is 2.51. The number of likely N-dealkylation sites (tertiary alicyclic amines) is 2. The minimum absolute atomic E-state index is 0.0712. The summed E-state index contributed by atoms with van der Waals surface area (Å²) in [6.45, 7) is 4.01. The molecule has 0 unspecified atom stereocenters. The highest BCUT2D eigenvalue weighted by atomic mass is 35.5. The second-order valence-corrected chi connectivity index (χ2v) is 15.5. The molecule has 1 aromatic heterocycles. The number of carbonyl (C=O) groups is 1. The molecule has 1 spiro atoms. The van der Waals surface area contributed by atoms with E-state index in [0.29, 0.717) is 35.4 Å². The number of rotatable bonds is 7. The minimum atomic E-state index is -0.239. The molecule has 0 saturated carbocycles. The average Bonchev–Trinajstić information content (AvgIpc) is 3.82. The number of hydrogen-bond acceptors (Lipinski definition) is 7. The van der Waals surface area contributed by atoms with Gasteiger partial charge in [0, 0.05) is 90.0 Å². The van der Waals surface area contributed by atoms with Crippen molar-refractivity contribution >= 4 is 29.1 Å². The molecular weight excluding hydrogens is 671 g/mol. The highest BCUT2D eigenvalue weighted by molar-refractivity contribution is 6.39. The van der Waals surface area contributed by atoms with Crippen LogP contribution < -0.4 is 14.8 Å². The Morgan fingerprint density at radius 3 is 2.12 bits per heavy atom. The number of fused-ring (bicyclic) bond motifs is 2. The van der Waals surface area contributed by atoms with E-state index in [1.807, 2.05) is 36.4 Å². The summed E-state index contributed by atoms with van der Waals surface area (Å²) < 4.78 is 11.9. The van der Waals surface area contributed by atoms with Crippen molar-refractivity contribution in [3.8, 4) is 45.1 Å². The van der Waals surface area contributed by atoms with Crippen LogP contribution in [0.25, 0.3) is 33.5 Å². The monoisotopic (exact) mass is 710 g/mol. The number of aryl methyl sites for hydroxylation is 2. The van der Waals surface area contributed by atoms with Crippen molar-refractivity contribution in [2.45, 2.75) is 50.3 Å². The number of amides is 1. The summed E-state index contributed by atoms with van der Waals surface area (Å²) in [5.41, 5.74) is 10.2. The number of halogens is 2. The summed E-state index contributed by atoms with van der Waals surface area (Å²) in [6.07, 6.45) is 4.28. The molecule has 2 atom stereocenters. The minimum Gasteiger partial charge on any atom is -0.496 e. The molecule has 5 aliphatic rings. The van der Waals surface area contributed by atoms with Crippen LogP contribution >= 0.6 is 23.2 Å². The zero-order valence-electron chi connectivity index (χ0n) is 28.3. The maximum absolute atomic E-state index is 11.9. The van der Waals surface area contributed by atoms with Crippen molar-refractivity contribution in [3.63, 3.8) is 0 Å². The van der Waals surface area contributed by atoms with Crippen LogP contribution in [0.1, 0.15) is 53.6 Å². The molecule has 3 aromatic carbocycles. The first kappa shape index (κ1) is 32.3. The Kier molecular flexibility index (Phi) is 7.90. The summed E-state index contributed by atoms with van der Waals surface area (Å²) in [4.78, 5) is 21.8. The molecule has 1 amide bonds.